The number of hydrogen-bond donors (Lipinski definition) is 1. The lowest BCUT2D eigenvalue weighted by molar-refractivity contribution is -0.164. The number of aliphatic hydroxyl groups excluding tert-OH is 1. The summed E-state index contributed by atoms with van der Waals surface area (Å²) in [5, 5.41) is 11.2. The second kappa shape index (κ2) is 11.1. The van der Waals surface area contributed by atoms with Crippen molar-refractivity contribution in [3.63, 3.8) is 0 Å². The van der Waals surface area contributed by atoms with E-state index < -0.39 is 48.2 Å². The third-order valence-corrected chi connectivity index (χ3v) is 4.86. The van der Waals surface area contributed by atoms with E-state index in [1.165, 1.54) is 44.2 Å². The Labute approximate surface area is 211 Å². The van der Waals surface area contributed by atoms with Crippen molar-refractivity contribution < 1.29 is 57.5 Å². The number of carbonyl (C=O) groups is 5. The number of hydrogen-bond acceptors (Lipinski definition) is 12. The molecule has 0 fully saturated rings. The molecule has 0 aromatic heterocycles. The summed E-state index contributed by atoms with van der Waals surface area (Å²) >= 11 is 0. The Morgan fingerprint density at radius 1 is 0.703 bits per heavy atom. The van der Waals surface area contributed by atoms with Crippen LogP contribution in [-0.4, -0.2) is 41.1 Å². The first-order valence-corrected chi connectivity index (χ1v) is 10.9. The summed E-state index contributed by atoms with van der Waals surface area (Å²) in [7, 11) is 0. The molecule has 1 heterocycles. The highest BCUT2D eigenvalue weighted by atomic mass is 16.6. The lowest BCUT2D eigenvalue weighted by Gasteiger charge is -2.37. The predicted octanol–water partition coefficient (Wildman–Crippen LogP) is 2.49. The zero-order valence-electron chi connectivity index (χ0n) is 20.6. The maximum atomic E-state index is 11.9. The third kappa shape index (κ3) is 6.61. The first kappa shape index (κ1) is 27.1. The predicted molar refractivity (Wildman–Crippen MR) is 122 cm³/mol. The van der Waals surface area contributed by atoms with Crippen LogP contribution < -0.4 is 23.7 Å². The highest BCUT2D eigenvalue weighted by Gasteiger charge is 2.43. The molecule has 2 aromatic carbocycles. The Balaban J connectivity index is 2.17. The minimum atomic E-state index is -1.57. The van der Waals surface area contributed by atoms with Gasteiger partial charge >= 0.3 is 29.8 Å². The summed E-state index contributed by atoms with van der Waals surface area (Å²) in [6.45, 7) is 5.75. The Morgan fingerprint density at radius 2 is 1.27 bits per heavy atom. The summed E-state index contributed by atoms with van der Waals surface area (Å²) in [4.78, 5) is 58.2. The molecule has 0 bridgehead atoms. The van der Waals surface area contributed by atoms with Gasteiger partial charge in [0.2, 0.25) is 0 Å². The highest BCUT2D eigenvalue weighted by molar-refractivity contribution is 5.75. The van der Waals surface area contributed by atoms with Crippen molar-refractivity contribution in [1.82, 2.24) is 0 Å². The van der Waals surface area contributed by atoms with Crippen molar-refractivity contribution >= 4 is 29.8 Å². The summed E-state index contributed by atoms with van der Waals surface area (Å²) in [6, 6.07) is 6.62. The molecule has 3 rings (SSSR count). The van der Waals surface area contributed by atoms with Crippen LogP contribution in [0.15, 0.2) is 30.3 Å². The van der Waals surface area contributed by atoms with Gasteiger partial charge in [0.15, 0.2) is 23.7 Å². The van der Waals surface area contributed by atoms with Gasteiger partial charge in [-0.1, -0.05) is 6.07 Å². The Morgan fingerprint density at radius 3 is 1.84 bits per heavy atom. The molecule has 2 aromatic rings. The molecule has 1 aliphatic heterocycles. The van der Waals surface area contributed by atoms with Crippen LogP contribution in [0.1, 0.15) is 58.0 Å². The quantitative estimate of drug-likeness (QED) is 0.442. The van der Waals surface area contributed by atoms with E-state index in [0.717, 1.165) is 20.8 Å². The maximum absolute atomic E-state index is 11.9. The molecule has 1 aliphatic rings. The van der Waals surface area contributed by atoms with Crippen LogP contribution >= 0.6 is 0 Å². The SMILES string of the molecule is CC(=O)Oc1cc(OC(C)=O)c2c(c1)O[C@H](c1ccc(OC(C)=O)c(OC(C)=O)c1)[C@H](OC(C)=O)C2O. The second-order valence-electron chi connectivity index (χ2n) is 7.97. The summed E-state index contributed by atoms with van der Waals surface area (Å²) < 4.78 is 32.0. The molecule has 1 unspecified atom stereocenters. The number of rotatable bonds is 6. The molecule has 196 valence electrons. The van der Waals surface area contributed by atoms with E-state index in [2.05, 4.69) is 0 Å². The molecule has 0 saturated carbocycles. The van der Waals surface area contributed by atoms with E-state index in [9.17, 15) is 29.1 Å². The van der Waals surface area contributed by atoms with Gasteiger partial charge in [-0.25, -0.2) is 0 Å². The number of benzene rings is 2. The number of carbonyl (C=O) groups excluding carboxylic acids is 5. The molecule has 3 atom stereocenters. The normalized spacial score (nSPS) is 17.9. The van der Waals surface area contributed by atoms with Crippen molar-refractivity contribution in [3.05, 3.63) is 41.5 Å². The molecular weight excluding hydrogens is 492 g/mol. The van der Waals surface area contributed by atoms with Gasteiger partial charge in [0.05, 0.1) is 5.56 Å². The van der Waals surface area contributed by atoms with E-state index in [1.54, 1.807) is 0 Å². The first-order valence-electron chi connectivity index (χ1n) is 10.9. The zero-order chi connectivity index (χ0) is 27.4. The average molecular weight is 516 g/mol. The van der Waals surface area contributed by atoms with E-state index in [-0.39, 0.29) is 39.9 Å². The maximum Gasteiger partial charge on any atom is 0.308 e. The van der Waals surface area contributed by atoms with Crippen LogP contribution in [0.4, 0.5) is 0 Å². The fourth-order valence-electron chi connectivity index (χ4n) is 3.71. The molecule has 0 aliphatic carbocycles. The van der Waals surface area contributed by atoms with Gasteiger partial charge in [0, 0.05) is 52.3 Å². The topological polar surface area (TPSA) is 161 Å². The molecule has 1 N–H and O–H groups in total. The fraction of sp³-hybridized carbons (Fsp3) is 0.320. The molecule has 0 spiro atoms. The number of ether oxygens (including phenoxy) is 6. The van der Waals surface area contributed by atoms with E-state index in [0.29, 0.717) is 0 Å². The monoisotopic (exact) mass is 516 g/mol. The van der Waals surface area contributed by atoms with Gasteiger partial charge in [0.1, 0.15) is 23.4 Å². The van der Waals surface area contributed by atoms with Gasteiger partial charge in [-0.2, -0.15) is 0 Å². The van der Waals surface area contributed by atoms with Gasteiger partial charge in [-0.15, -0.1) is 0 Å². The van der Waals surface area contributed by atoms with Gasteiger partial charge in [-0.3, -0.25) is 24.0 Å². The largest absolute Gasteiger partial charge is 0.481 e. The molecule has 0 amide bonds. The van der Waals surface area contributed by atoms with Gasteiger partial charge in [0.25, 0.3) is 0 Å². The standard InChI is InChI=1S/C25H24O12/c1-11(26)32-17-9-20(35-14(4)29)22-21(10-17)37-24(25(23(22)31)36-15(5)30)16-6-7-18(33-12(2)27)19(8-16)34-13(3)28/h6-10,23-25,31H,1-5H3/t23?,24-,25-/m1/s1. The molecule has 37 heavy (non-hydrogen) atoms. The van der Waals surface area contributed by atoms with E-state index in [4.69, 9.17) is 28.4 Å². The van der Waals surface area contributed by atoms with Crippen molar-refractivity contribution in [2.24, 2.45) is 0 Å². The minimum absolute atomic E-state index is 0.0228. The Kier molecular flexibility index (Phi) is 8.13. The minimum Gasteiger partial charge on any atom is -0.481 e. The first-order chi connectivity index (χ1) is 17.3. The molecule has 0 saturated heterocycles. The lowest BCUT2D eigenvalue weighted by atomic mass is 9.91. The number of fused-ring (bicyclic) bond motifs is 1. The van der Waals surface area contributed by atoms with Crippen molar-refractivity contribution in [1.29, 1.82) is 0 Å². The summed E-state index contributed by atoms with van der Waals surface area (Å²) in [5.41, 5.74) is 0.236. The van der Waals surface area contributed by atoms with Crippen LogP contribution in [0.5, 0.6) is 28.7 Å². The van der Waals surface area contributed by atoms with Crippen molar-refractivity contribution in [2.75, 3.05) is 0 Å². The number of esters is 5. The van der Waals surface area contributed by atoms with Crippen LogP contribution in [-0.2, 0) is 28.7 Å². The molecule has 12 nitrogen and oxygen atoms in total. The van der Waals surface area contributed by atoms with Gasteiger partial charge < -0.3 is 33.5 Å². The summed E-state index contributed by atoms with van der Waals surface area (Å²) in [5.74, 6) is -3.92. The fourth-order valence-corrected chi connectivity index (χ4v) is 3.71. The third-order valence-electron chi connectivity index (χ3n) is 4.86. The smallest absolute Gasteiger partial charge is 0.308 e. The van der Waals surface area contributed by atoms with Crippen LogP contribution in [0, 0.1) is 0 Å². The van der Waals surface area contributed by atoms with Crippen molar-refractivity contribution in [3.8, 4) is 28.7 Å². The number of aliphatic hydroxyl groups is 1. The van der Waals surface area contributed by atoms with Crippen molar-refractivity contribution in [2.45, 2.75) is 52.9 Å². The Bertz CT molecular complexity index is 1260. The second-order valence-corrected chi connectivity index (χ2v) is 7.97. The molecular formula is C25H24O12. The van der Waals surface area contributed by atoms with Crippen LogP contribution in [0.25, 0.3) is 0 Å². The molecule has 0 radical (unpaired) electrons. The highest BCUT2D eigenvalue weighted by Crippen LogP contribution is 2.49. The average Bonchev–Trinajstić information content (AvgIpc) is 2.74. The van der Waals surface area contributed by atoms with Crippen LogP contribution in [0.2, 0.25) is 0 Å². The van der Waals surface area contributed by atoms with E-state index >= 15 is 0 Å². The summed E-state index contributed by atoms with van der Waals surface area (Å²) in [6.07, 6.45) is -4.11. The lowest BCUT2D eigenvalue weighted by Crippen LogP contribution is -2.38. The van der Waals surface area contributed by atoms with Crippen LogP contribution in [0.3, 0.4) is 0 Å². The Hall–Kier alpha value is -4.45. The van der Waals surface area contributed by atoms with E-state index in [1.807, 2.05) is 0 Å². The van der Waals surface area contributed by atoms with Gasteiger partial charge in [-0.05, 0) is 12.1 Å². The zero-order valence-corrected chi connectivity index (χ0v) is 20.6. The molecule has 12 heteroatoms.